The van der Waals surface area contributed by atoms with Gasteiger partial charge in [0.2, 0.25) is 5.91 Å². The fourth-order valence-electron chi connectivity index (χ4n) is 3.71. The molecule has 0 saturated carbocycles. The third-order valence-corrected chi connectivity index (χ3v) is 5.83. The first kappa shape index (κ1) is 21.3. The number of aryl methyl sites for hydroxylation is 1. The van der Waals surface area contributed by atoms with Gasteiger partial charge in [0.25, 0.3) is 11.5 Å². The van der Waals surface area contributed by atoms with Crippen LogP contribution in [-0.2, 0) is 11.3 Å². The highest BCUT2D eigenvalue weighted by atomic mass is 35.5. The fraction of sp³-hybridized carbons (Fsp3) is 0.273. The van der Waals surface area contributed by atoms with Crippen molar-refractivity contribution in [2.75, 3.05) is 26.2 Å². The van der Waals surface area contributed by atoms with E-state index in [1.54, 1.807) is 40.1 Å². The Labute approximate surface area is 188 Å². The van der Waals surface area contributed by atoms with E-state index in [9.17, 15) is 14.4 Å². The lowest BCUT2D eigenvalue weighted by Crippen LogP contribution is -2.51. The molecule has 0 atom stereocenters. The molecule has 31 heavy (non-hydrogen) atoms. The van der Waals surface area contributed by atoms with Crippen LogP contribution >= 0.6 is 23.2 Å². The number of fused-ring (bicyclic) bond motifs is 1. The first-order valence-corrected chi connectivity index (χ1v) is 10.6. The van der Waals surface area contributed by atoms with Gasteiger partial charge in [-0.25, -0.2) is 4.98 Å². The van der Waals surface area contributed by atoms with Crippen molar-refractivity contribution in [1.29, 1.82) is 0 Å². The van der Waals surface area contributed by atoms with Crippen molar-refractivity contribution >= 4 is 45.9 Å². The Hall–Kier alpha value is -2.90. The maximum absolute atomic E-state index is 12.8. The van der Waals surface area contributed by atoms with E-state index in [-0.39, 0.29) is 23.9 Å². The lowest BCUT2D eigenvalue weighted by molar-refractivity contribution is -0.133. The second-order valence-corrected chi connectivity index (χ2v) is 8.35. The van der Waals surface area contributed by atoms with Crippen LogP contribution in [0.1, 0.15) is 15.9 Å². The van der Waals surface area contributed by atoms with Crippen LogP contribution in [0.3, 0.4) is 0 Å². The third kappa shape index (κ3) is 4.43. The summed E-state index contributed by atoms with van der Waals surface area (Å²) in [6, 6.07) is 10.1. The van der Waals surface area contributed by atoms with Crippen molar-refractivity contribution in [2.45, 2.75) is 13.5 Å². The van der Waals surface area contributed by atoms with Crippen LogP contribution in [-0.4, -0.2) is 57.3 Å². The van der Waals surface area contributed by atoms with Crippen molar-refractivity contribution < 1.29 is 9.59 Å². The number of piperazine rings is 1. The van der Waals surface area contributed by atoms with Crippen LogP contribution in [0.25, 0.3) is 10.9 Å². The van der Waals surface area contributed by atoms with Gasteiger partial charge in [0.1, 0.15) is 6.54 Å². The molecule has 9 heteroatoms. The largest absolute Gasteiger partial charge is 0.338 e. The first-order valence-electron chi connectivity index (χ1n) is 9.81. The average molecular weight is 459 g/mol. The number of hydrogen-bond acceptors (Lipinski definition) is 4. The summed E-state index contributed by atoms with van der Waals surface area (Å²) in [5.74, 6) is -0.365. The Bertz CT molecular complexity index is 1210. The van der Waals surface area contributed by atoms with E-state index in [0.717, 1.165) is 5.56 Å². The molecule has 1 fully saturated rings. The average Bonchev–Trinajstić information content (AvgIpc) is 2.75. The van der Waals surface area contributed by atoms with E-state index in [2.05, 4.69) is 4.98 Å². The molecule has 1 aromatic heterocycles. The molecule has 2 aromatic carbocycles. The van der Waals surface area contributed by atoms with Crippen molar-refractivity contribution in [3.8, 4) is 0 Å². The summed E-state index contributed by atoms with van der Waals surface area (Å²) < 4.78 is 1.33. The number of para-hydroxylation sites is 1. The summed E-state index contributed by atoms with van der Waals surface area (Å²) in [6.45, 7) is 3.34. The SMILES string of the molecule is Cc1cccc2c(=O)n(CC(=O)N3CCN(C(=O)c4cc(Cl)cc(Cl)c4)CC3)cnc12. The predicted molar refractivity (Wildman–Crippen MR) is 120 cm³/mol. The minimum atomic E-state index is -0.242. The number of halogens is 2. The van der Waals surface area contributed by atoms with Gasteiger partial charge in [-0.2, -0.15) is 0 Å². The van der Waals surface area contributed by atoms with Crippen molar-refractivity contribution in [2.24, 2.45) is 0 Å². The Morgan fingerprint density at radius 1 is 1.00 bits per heavy atom. The van der Waals surface area contributed by atoms with Crippen LogP contribution in [0.2, 0.25) is 10.0 Å². The molecule has 160 valence electrons. The van der Waals surface area contributed by atoms with Gasteiger partial charge in [0, 0.05) is 41.8 Å². The number of rotatable bonds is 3. The number of aromatic nitrogens is 2. The highest BCUT2D eigenvalue weighted by molar-refractivity contribution is 6.35. The fourth-order valence-corrected chi connectivity index (χ4v) is 4.24. The molecule has 1 aliphatic heterocycles. The highest BCUT2D eigenvalue weighted by Gasteiger charge is 2.25. The van der Waals surface area contributed by atoms with Gasteiger partial charge in [-0.3, -0.25) is 19.0 Å². The van der Waals surface area contributed by atoms with Gasteiger partial charge in [-0.1, -0.05) is 35.3 Å². The van der Waals surface area contributed by atoms with E-state index in [1.165, 1.54) is 10.9 Å². The maximum Gasteiger partial charge on any atom is 0.261 e. The quantitative estimate of drug-likeness (QED) is 0.604. The Morgan fingerprint density at radius 2 is 1.65 bits per heavy atom. The zero-order chi connectivity index (χ0) is 22.1. The summed E-state index contributed by atoms with van der Waals surface area (Å²) in [6.07, 6.45) is 1.41. The van der Waals surface area contributed by atoms with E-state index < -0.39 is 0 Å². The van der Waals surface area contributed by atoms with Crippen LogP contribution in [0, 0.1) is 6.92 Å². The standard InChI is InChI=1S/C22H20Cl2N4O3/c1-14-3-2-4-18-20(14)25-13-28(22(18)31)12-19(29)26-5-7-27(8-6-26)21(30)15-9-16(23)11-17(24)10-15/h2-4,9-11,13H,5-8,12H2,1H3. The number of amides is 2. The molecule has 0 unspecified atom stereocenters. The second-order valence-electron chi connectivity index (χ2n) is 7.48. The van der Waals surface area contributed by atoms with Gasteiger partial charge in [0.15, 0.2) is 0 Å². The maximum atomic E-state index is 12.8. The Morgan fingerprint density at radius 3 is 2.32 bits per heavy atom. The normalized spacial score (nSPS) is 14.2. The zero-order valence-electron chi connectivity index (χ0n) is 16.8. The lowest BCUT2D eigenvalue weighted by Gasteiger charge is -2.35. The van der Waals surface area contributed by atoms with Gasteiger partial charge < -0.3 is 9.80 Å². The molecular formula is C22H20Cl2N4O3. The van der Waals surface area contributed by atoms with E-state index >= 15 is 0 Å². The topological polar surface area (TPSA) is 75.5 Å². The number of carbonyl (C=O) groups excluding carboxylic acids is 2. The van der Waals surface area contributed by atoms with Crippen molar-refractivity contribution in [1.82, 2.24) is 19.4 Å². The van der Waals surface area contributed by atoms with Crippen molar-refractivity contribution in [3.05, 3.63) is 74.3 Å². The van der Waals surface area contributed by atoms with E-state index in [4.69, 9.17) is 23.2 Å². The molecule has 2 amide bonds. The van der Waals surface area contributed by atoms with Crippen LogP contribution in [0.4, 0.5) is 0 Å². The third-order valence-electron chi connectivity index (χ3n) is 5.39. The highest BCUT2D eigenvalue weighted by Crippen LogP contribution is 2.21. The molecule has 0 aliphatic carbocycles. The number of carbonyl (C=O) groups is 2. The molecule has 4 rings (SSSR count). The van der Waals surface area contributed by atoms with Crippen LogP contribution < -0.4 is 5.56 Å². The summed E-state index contributed by atoms with van der Waals surface area (Å²) in [7, 11) is 0. The molecule has 0 radical (unpaired) electrons. The Kier molecular flexibility index (Phi) is 5.98. The molecule has 2 heterocycles. The van der Waals surface area contributed by atoms with Gasteiger partial charge >= 0.3 is 0 Å². The number of benzene rings is 2. The smallest absolute Gasteiger partial charge is 0.261 e. The molecule has 0 N–H and O–H groups in total. The summed E-state index contributed by atoms with van der Waals surface area (Å²) in [5, 5.41) is 1.29. The number of nitrogens with zero attached hydrogens (tertiary/aromatic N) is 4. The Balaban J connectivity index is 1.42. The minimum Gasteiger partial charge on any atom is -0.338 e. The summed E-state index contributed by atoms with van der Waals surface area (Å²) in [4.78, 5) is 45.9. The molecule has 0 spiro atoms. The minimum absolute atomic E-state index is 0.0897. The molecule has 1 aliphatic rings. The van der Waals surface area contributed by atoms with Gasteiger partial charge in [-0.15, -0.1) is 0 Å². The lowest BCUT2D eigenvalue weighted by atomic mass is 10.1. The van der Waals surface area contributed by atoms with Crippen LogP contribution in [0.5, 0.6) is 0 Å². The predicted octanol–water partition coefficient (Wildman–Crippen LogP) is 3.00. The zero-order valence-corrected chi connectivity index (χ0v) is 18.4. The molecule has 0 bridgehead atoms. The van der Waals surface area contributed by atoms with E-state index in [1.807, 2.05) is 13.0 Å². The molecule has 1 saturated heterocycles. The summed E-state index contributed by atoms with van der Waals surface area (Å²) in [5.41, 5.74) is 1.73. The van der Waals surface area contributed by atoms with Gasteiger partial charge in [-0.05, 0) is 36.8 Å². The number of hydrogen-bond donors (Lipinski definition) is 0. The van der Waals surface area contributed by atoms with E-state index in [0.29, 0.717) is 52.7 Å². The van der Waals surface area contributed by atoms with Crippen molar-refractivity contribution in [3.63, 3.8) is 0 Å². The first-order chi connectivity index (χ1) is 14.8. The molecule has 7 nitrogen and oxygen atoms in total. The van der Waals surface area contributed by atoms with Crippen LogP contribution in [0.15, 0.2) is 47.5 Å². The second kappa shape index (κ2) is 8.69. The molecule has 3 aromatic rings. The molecular weight excluding hydrogens is 439 g/mol. The van der Waals surface area contributed by atoms with Gasteiger partial charge in [0.05, 0.1) is 17.2 Å². The monoisotopic (exact) mass is 458 g/mol. The summed E-state index contributed by atoms with van der Waals surface area (Å²) >= 11 is 12.0.